The highest BCUT2D eigenvalue weighted by molar-refractivity contribution is 7.81. The molecule has 1 N–H and O–H groups in total. The van der Waals surface area contributed by atoms with E-state index >= 15 is 0 Å². The summed E-state index contributed by atoms with van der Waals surface area (Å²) in [6.07, 6.45) is 0. The highest BCUT2D eigenvalue weighted by atomic mass is 32.1. The fourth-order valence-corrected chi connectivity index (χ4v) is 0.893. The molecular weight excluding hydrogens is 194 g/mol. The highest BCUT2D eigenvalue weighted by Gasteiger charge is 2.25. The van der Waals surface area contributed by atoms with Crippen molar-refractivity contribution < 1.29 is 4.79 Å². The number of rotatable bonds is 3. The topological polar surface area (TPSA) is 29.1 Å². The molecule has 2 atom stereocenters. The Morgan fingerprint density at radius 1 is 1.21 bits per heavy atom. The van der Waals surface area contributed by atoms with E-state index in [2.05, 4.69) is 38.7 Å². The molecule has 0 aliphatic rings. The lowest BCUT2D eigenvalue weighted by Gasteiger charge is -2.29. The summed E-state index contributed by atoms with van der Waals surface area (Å²) in [5.74, 6) is 0.302. The zero-order chi connectivity index (χ0) is 11.5. The van der Waals surface area contributed by atoms with Gasteiger partial charge in [0.2, 0.25) is 5.91 Å². The van der Waals surface area contributed by atoms with Crippen LogP contribution in [0.1, 0.15) is 41.5 Å². The molecule has 0 aromatic heterocycles. The van der Waals surface area contributed by atoms with Crippen molar-refractivity contribution in [1.82, 2.24) is 5.32 Å². The number of carbonyl (C=O) groups excluding carboxylic acids is 1. The van der Waals surface area contributed by atoms with E-state index in [0.717, 1.165) is 0 Å². The standard InChI is InChI=1S/C11H23NOS/c1-7(2)9(14)10(13)12-8(3)11(4,5)6/h7-9,14H,1-6H3,(H,12,13). The van der Waals surface area contributed by atoms with Crippen LogP contribution in [-0.2, 0) is 4.79 Å². The average Bonchev–Trinajstić information content (AvgIpc) is 2.00. The molecule has 0 rings (SSSR count). The predicted octanol–water partition coefficient (Wildman–Crippen LogP) is 2.49. The first-order valence-electron chi connectivity index (χ1n) is 5.14. The summed E-state index contributed by atoms with van der Waals surface area (Å²) in [5.41, 5.74) is 0.0974. The minimum absolute atomic E-state index is 0.0331. The Hall–Kier alpha value is -0.180. The molecule has 0 aliphatic carbocycles. The molecule has 0 heterocycles. The van der Waals surface area contributed by atoms with Crippen molar-refractivity contribution in [2.75, 3.05) is 0 Å². The van der Waals surface area contributed by atoms with Crippen molar-refractivity contribution in [3.63, 3.8) is 0 Å². The monoisotopic (exact) mass is 217 g/mol. The lowest BCUT2D eigenvalue weighted by molar-refractivity contribution is -0.122. The average molecular weight is 217 g/mol. The Bertz CT molecular complexity index is 196. The quantitative estimate of drug-likeness (QED) is 0.699. The van der Waals surface area contributed by atoms with Crippen LogP contribution >= 0.6 is 12.6 Å². The van der Waals surface area contributed by atoms with Crippen LogP contribution in [0.4, 0.5) is 0 Å². The number of carbonyl (C=O) groups is 1. The van der Waals surface area contributed by atoms with Crippen molar-refractivity contribution >= 4 is 18.5 Å². The number of hydrogen-bond donors (Lipinski definition) is 2. The van der Waals surface area contributed by atoms with Gasteiger partial charge in [-0.25, -0.2) is 0 Å². The van der Waals surface area contributed by atoms with Crippen molar-refractivity contribution in [3.05, 3.63) is 0 Å². The van der Waals surface area contributed by atoms with Crippen LogP contribution in [0.3, 0.4) is 0 Å². The Balaban J connectivity index is 4.20. The molecule has 84 valence electrons. The third-order valence-corrected chi connectivity index (χ3v) is 3.39. The van der Waals surface area contributed by atoms with Crippen LogP contribution in [0.15, 0.2) is 0 Å². The normalized spacial score (nSPS) is 16.6. The first-order valence-corrected chi connectivity index (χ1v) is 5.66. The molecular formula is C11H23NOS. The molecule has 0 aromatic rings. The van der Waals surface area contributed by atoms with E-state index in [0.29, 0.717) is 0 Å². The van der Waals surface area contributed by atoms with Gasteiger partial charge in [0.05, 0.1) is 5.25 Å². The van der Waals surface area contributed by atoms with Gasteiger partial charge >= 0.3 is 0 Å². The summed E-state index contributed by atoms with van der Waals surface area (Å²) >= 11 is 4.28. The van der Waals surface area contributed by atoms with E-state index in [1.54, 1.807) is 0 Å². The lowest BCUT2D eigenvalue weighted by Crippen LogP contribution is -2.45. The molecule has 0 aliphatic heterocycles. The van der Waals surface area contributed by atoms with E-state index in [1.165, 1.54) is 0 Å². The highest BCUT2D eigenvalue weighted by Crippen LogP contribution is 2.19. The van der Waals surface area contributed by atoms with E-state index in [1.807, 2.05) is 20.8 Å². The Morgan fingerprint density at radius 2 is 1.64 bits per heavy atom. The molecule has 0 saturated carbocycles. The maximum Gasteiger partial charge on any atom is 0.233 e. The van der Waals surface area contributed by atoms with Gasteiger partial charge < -0.3 is 5.32 Å². The zero-order valence-electron chi connectivity index (χ0n) is 10.1. The molecule has 0 fully saturated rings. The zero-order valence-corrected chi connectivity index (χ0v) is 11.0. The summed E-state index contributed by atoms with van der Waals surface area (Å²) < 4.78 is 0. The Morgan fingerprint density at radius 3 is 1.93 bits per heavy atom. The summed E-state index contributed by atoms with van der Waals surface area (Å²) in [6.45, 7) is 12.4. The minimum Gasteiger partial charge on any atom is -0.352 e. The van der Waals surface area contributed by atoms with Gasteiger partial charge in [0, 0.05) is 6.04 Å². The molecule has 1 amide bonds. The first-order chi connectivity index (χ1) is 6.16. The van der Waals surface area contributed by atoms with Gasteiger partial charge in [-0.15, -0.1) is 0 Å². The lowest BCUT2D eigenvalue weighted by atomic mass is 9.88. The molecule has 0 saturated heterocycles. The van der Waals surface area contributed by atoms with Crippen molar-refractivity contribution in [3.8, 4) is 0 Å². The summed E-state index contributed by atoms with van der Waals surface area (Å²) in [6, 6.07) is 0.170. The maximum absolute atomic E-state index is 11.7. The summed E-state index contributed by atoms with van der Waals surface area (Å²) in [7, 11) is 0. The molecule has 0 spiro atoms. The molecule has 0 bridgehead atoms. The number of thiol groups is 1. The molecule has 3 heteroatoms. The van der Waals surface area contributed by atoms with Gasteiger partial charge in [0.1, 0.15) is 0 Å². The second-order valence-corrected chi connectivity index (χ2v) is 5.84. The number of hydrogen-bond acceptors (Lipinski definition) is 2. The van der Waals surface area contributed by atoms with Gasteiger partial charge in [-0.2, -0.15) is 12.6 Å². The van der Waals surface area contributed by atoms with Gasteiger partial charge in [-0.1, -0.05) is 34.6 Å². The van der Waals surface area contributed by atoms with Crippen LogP contribution in [0, 0.1) is 11.3 Å². The van der Waals surface area contributed by atoms with E-state index in [9.17, 15) is 4.79 Å². The smallest absolute Gasteiger partial charge is 0.233 e. The fourth-order valence-electron chi connectivity index (χ4n) is 0.818. The van der Waals surface area contributed by atoms with Crippen molar-refractivity contribution in [2.24, 2.45) is 11.3 Å². The Labute approximate surface area is 93.3 Å². The van der Waals surface area contributed by atoms with Crippen molar-refractivity contribution in [2.45, 2.75) is 52.8 Å². The van der Waals surface area contributed by atoms with E-state index in [-0.39, 0.29) is 28.5 Å². The Kier molecular flexibility index (Phi) is 4.99. The second-order valence-electron chi connectivity index (χ2n) is 5.29. The second kappa shape index (κ2) is 5.06. The fraction of sp³-hybridized carbons (Fsp3) is 0.909. The SMILES string of the molecule is CC(C)C(S)C(=O)NC(C)C(C)(C)C. The molecule has 0 aromatic carbocycles. The van der Waals surface area contributed by atoms with Crippen LogP contribution in [0.25, 0.3) is 0 Å². The van der Waals surface area contributed by atoms with E-state index in [4.69, 9.17) is 0 Å². The molecule has 2 unspecified atom stereocenters. The van der Waals surface area contributed by atoms with Crippen LogP contribution < -0.4 is 5.32 Å². The molecule has 2 nitrogen and oxygen atoms in total. The maximum atomic E-state index is 11.7. The largest absolute Gasteiger partial charge is 0.352 e. The van der Waals surface area contributed by atoms with Gasteiger partial charge in [-0.3, -0.25) is 4.79 Å². The van der Waals surface area contributed by atoms with Crippen LogP contribution in [0.5, 0.6) is 0 Å². The first kappa shape index (κ1) is 13.8. The molecule has 0 radical (unpaired) electrons. The van der Waals surface area contributed by atoms with E-state index < -0.39 is 0 Å². The minimum atomic E-state index is -0.209. The van der Waals surface area contributed by atoms with Gasteiger partial charge in [-0.05, 0) is 18.3 Å². The van der Waals surface area contributed by atoms with Crippen molar-refractivity contribution in [1.29, 1.82) is 0 Å². The van der Waals surface area contributed by atoms with Gasteiger partial charge in [0.15, 0.2) is 0 Å². The summed E-state index contributed by atoms with van der Waals surface area (Å²) in [4.78, 5) is 11.7. The van der Waals surface area contributed by atoms with Crippen LogP contribution in [0.2, 0.25) is 0 Å². The van der Waals surface area contributed by atoms with Crippen LogP contribution in [-0.4, -0.2) is 17.2 Å². The third-order valence-electron chi connectivity index (χ3n) is 2.56. The summed E-state index contributed by atoms with van der Waals surface area (Å²) in [5, 5.41) is 2.78. The third kappa shape index (κ3) is 4.36. The molecule has 14 heavy (non-hydrogen) atoms. The van der Waals surface area contributed by atoms with Gasteiger partial charge in [0.25, 0.3) is 0 Å². The predicted molar refractivity (Wildman–Crippen MR) is 64.7 cm³/mol. The number of amides is 1. The number of nitrogens with one attached hydrogen (secondary N) is 1.